The number of aliphatic carboxylic acids is 1. The largest absolute Gasteiger partial charge is 0.481 e. The molecule has 1 rings (SSSR count). The van der Waals surface area contributed by atoms with Gasteiger partial charge in [-0.15, -0.1) is 0 Å². The Labute approximate surface area is 87.5 Å². The fourth-order valence-corrected chi connectivity index (χ4v) is 2.10. The predicted octanol–water partition coefficient (Wildman–Crippen LogP) is 3.05. The Balaban J connectivity index is 2.61. The molecule has 0 aromatic rings. The Bertz CT molecular complexity index is 254. The van der Waals surface area contributed by atoms with Gasteiger partial charge in [0.25, 0.3) is 0 Å². The van der Waals surface area contributed by atoms with E-state index in [9.17, 15) is 4.79 Å². The fraction of sp³-hybridized carbons (Fsp3) is 0.667. The van der Waals surface area contributed by atoms with Gasteiger partial charge in [0.1, 0.15) is 4.49 Å². The monoisotopic (exact) mass is 222 g/mol. The average Bonchev–Trinajstić information content (AvgIpc) is 2.36. The second-order valence-electron chi connectivity index (χ2n) is 4.01. The Kier molecular flexibility index (Phi) is 2.93. The summed E-state index contributed by atoms with van der Waals surface area (Å²) in [7, 11) is 0. The molecule has 0 aromatic heterocycles. The van der Waals surface area contributed by atoms with Crippen molar-refractivity contribution >= 4 is 29.2 Å². The van der Waals surface area contributed by atoms with Gasteiger partial charge in [0.05, 0.1) is 0 Å². The maximum Gasteiger partial charge on any atom is 0.303 e. The van der Waals surface area contributed by atoms with Crippen molar-refractivity contribution in [2.45, 2.75) is 20.3 Å². The third kappa shape index (κ3) is 2.38. The first-order valence-electron chi connectivity index (χ1n) is 4.10. The molecular formula is C9H12Cl2O2. The maximum absolute atomic E-state index is 10.5. The average molecular weight is 223 g/mol. The summed E-state index contributed by atoms with van der Waals surface area (Å²) >= 11 is 11.0. The van der Waals surface area contributed by atoms with Gasteiger partial charge in [-0.1, -0.05) is 43.1 Å². The number of carboxylic acid groups (broad SMARTS) is 1. The zero-order chi connectivity index (χ0) is 10.2. The van der Waals surface area contributed by atoms with Crippen molar-refractivity contribution in [3.8, 4) is 0 Å². The van der Waals surface area contributed by atoms with Crippen molar-refractivity contribution in [1.29, 1.82) is 0 Å². The van der Waals surface area contributed by atoms with E-state index in [0.29, 0.717) is 0 Å². The molecule has 0 spiro atoms. The molecule has 1 N–H and O–H groups in total. The highest BCUT2D eigenvalue weighted by molar-refractivity contribution is 6.55. The second-order valence-corrected chi connectivity index (χ2v) is 5.02. The van der Waals surface area contributed by atoms with Crippen LogP contribution in [0.5, 0.6) is 0 Å². The molecule has 0 radical (unpaired) electrons. The van der Waals surface area contributed by atoms with Crippen molar-refractivity contribution in [2.75, 3.05) is 0 Å². The number of allylic oxidation sites excluding steroid dienone is 1. The third-order valence-corrected chi connectivity index (χ3v) is 3.09. The minimum atomic E-state index is -0.764. The summed E-state index contributed by atoms with van der Waals surface area (Å²) < 4.78 is 0.228. The number of carboxylic acids is 1. The van der Waals surface area contributed by atoms with Crippen molar-refractivity contribution in [3.05, 3.63) is 10.6 Å². The molecule has 0 amide bonds. The molecule has 0 heterocycles. The lowest BCUT2D eigenvalue weighted by Gasteiger charge is -1.97. The van der Waals surface area contributed by atoms with Crippen LogP contribution in [0.2, 0.25) is 0 Å². The zero-order valence-corrected chi connectivity index (χ0v) is 9.06. The lowest BCUT2D eigenvalue weighted by molar-refractivity contribution is -0.137. The molecule has 0 aromatic carbocycles. The van der Waals surface area contributed by atoms with Gasteiger partial charge < -0.3 is 5.11 Å². The summed E-state index contributed by atoms with van der Waals surface area (Å²) in [5.41, 5.74) is 0.0213. The molecule has 0 unspecified atom stereocenters. The van der Waals surface area contributed by atoms with Gasteiger partial charge in [-0.05, 0) is 17.3 Å². The summed E-state index contributed by atoms with van der Waals surface area (Å²) in [4.78, 5) is 10.5. The highest BCUT2D eigenvalue weighted by Crippen LogP contribution is 2.61. The van der Waals surface area contributed by atoms with Crippen LogP contribution in [0.4, 0.5) is 0 Å². The molecule has 13 heavy (non-hydrogen) atoms. The molecule has 2 nitrogen and oxygen atoms in total. The number of hydrogen-bond acceptors (Lipinski definition) is 1. The van der Waals surface area contributed by atoms with Crippen LogP contribution in [-0.4, -0.2) is 11.1 Å². The van der Waals surface area contributed by atoms with E-state index in [1.54, 1.807) is 6.08 Å². The van der Waals surface area contributed by atoms with E-state index in [1.165, 1.54) is 0 Å². The highest BCUT2D eigenvalue weighted by Gasteiger charge is 2.56. The molecule has 0 bridgehead atoms. The molecular weight excluding hydrogens is 211 g/mol. The first-order valence-corrected chi connectivity index (χ1v) is 4.86. The van der Waals surface area contributed by atoms with E-state index >= 15 is 0 Å². The molecule has 1 aliphatic rings. The summed E-state index contributed by atoms with van der Waals surface area (Å²) in [6.07, 6.45) is 1.92. The normalized spacial score (nSPS) is 29.5. The molecule has 0 saturated heterocycles. The molecule has 1 fully saturated rings. The smallest absolute Gasteiger partial charge is 0.303 e. The number of rotatable bonds is 3. The van der Waals surface area contributed by atoms with Crippen LogP contribution in [-0.2, 0) is 4.79 Å². The highest BCUT2D eigenvalue weighted by atomic mass is 35.5. The Morgan fingerprint density at radius 1 is 1.54 bits per heavy atom. The molecule has 4 heteroatoms. The first kappa shape index (κ1) is 10.9. The molecule has 1 saturated carbocycles. The Morgan fingerprint density at radius 3 is 2.46 bits per heavy atom. The molecule has 1 aliphatic carbocycles. The van der Waals surface area contributed by atoms with E-state index in [-0.39, 0.29) is 28.2 Å². The van der Waals surface area contributed by atoms with Crippen molar-refractivity contribution in [1.82, 2.24) is 0 Å². The Morgan fingerprint density at radius 2 is 2.08 bits per heavy atom. The molecule has 74 valence electrons. The van der Waals surface area contributed by atoms with Crippen LogP contribution in [0.1, 0.15) is 20.3 Å². The van der Waals surface area contributed by atoms with Crippen LogP contribution in [0, 0.1) is 17.3 Å². The summed E-state index contributed by atoms with van der Waals surface area (Å²) in [6.45, 7) is 4.05. The van der Waals surface area contributed by atoms with Crippen LogP contribution >= 0.6 is 23.2 Å². The van der Waals surface area contributed by atoms with E-state index in [2.05, 4.69) is 0 Å². The van der Waals surface area contributed by atoms with Crippen LogP contribution in [0.15, 0.2) is 10.6 Å². The van der Waals surface area contributed by atoms with E-state index in [1.807, 2.05) is 13.8 Å². The standard InChI is InChI=1S/C9H12Cl2O2/c1-9(2)5(3-7(10)11)6(9)4-8(12)13/h3,5-6H,4H2,1-2H3,(H,12,13)/t5-,6-/m0/s1. The van der Waals surface area contributed by atoms with Crippen LogP contribution in [0.3, 0.4) is 0 Å². The van der Waals surface area contributed by atoms with Gasteiger partial charge in [-0.25, -0.2) is 0 Å². The quantitative estimate of drug-likeness (QED) is 0.798. The second kappa shape index (κ2) is 3.50. The van der Waals surface area contributed by atoms with Gasteiger partial charge >= 0.3 is 5.97 Å². The minimum absolute atomic E-state index is 0.0213. The minimum Gasteiger partial charge on any atom is -0.481 e. The summed E-state index contributed by atoms with van der Waals surface area (Å²) in [6, 6.07) is 0. The SMILES string of the molecule is CC1(C)[C@@H](C=C(Cl)Cl)[C@@H]1CC(=O)O. The summed E-state index contributed by atoms with van der Waals surface area (Å²) in [5, 5.41) is 8.62. The van der Waals surface area contributed by atoms with Gasteiger partial charge in [-0.2, -0.15) is 0 Å². The summed E-state index contributed by atoms with van der Waals surface area (Å²) in [5.74, 6) is -0.397. The molecule has 2 atom stereocenters. The van der Waals surface area contributed by atoms with Crippen LogP contribution in [0.25, 0.3) is 0 Å². The number of hydrogen-bond donors (Lipinski definition) is 1. The number of halogens is 2. The number of carbonyl (C=O) groups is 1. The zero-order valence-electron chi connectivity index (χ0n) is 7.55. The van der Waals surface area contributed by atoms with E-state index in [0.717, 1.165) is 0 Å². The van der Waals surface area contributed by atoms with Gasteiger partial charge in [0.2, 0.25) is 0 Å². The van der Waals surface area contributed by atoms with E-state index in [4.69, 9.17) is 28.3 Å². The van der Waals surface area contributed by atoms with Gasteiger partial charge in [0, 0.05) is 6.42 Å². The lowest BCUT2D eigenvalue weighted by atomic mass is 10.1. The third-order valence-electron chi connectivity index (χ3n) is 2.84. The topological polar surface area (TPSA) is 37.3 Å². The van der Waals surface area contributed by atoms with Crippen molar-refractivity contribution in [2.24, 2.45) is 17.3 Å². The Hall–Kier alpha value is -0.210. The molecule has 0 aliphatic heterocycles. The van der Waals surface area contributed by atoms with Crippen LogP contribution < -0.4 is 0 Å². The maximum atomic E-state index is 10.5. The van der Waals surface area contributed by atoms with Crippen molar-refractivity contribution < 1.29 is 9.90 Å². The van der Waals surface area contributed by atoms with Gasteiger partial charge in [0.15, 0.2) is 0 Å². The lowest BCUT2D eigenvalue weighted by Crippen LogP contribution is -1.99. The van der Waals surface area contributed by atoms with Crippen molar-refractivity contribution in [3.63, 3.8) is 0 Å². The van der Waals surface area contributed by atoms with E-state index < -0.39 is 5.97 Å². The predicted molar refractivity (Wildman–Crippen MR) is 52.8 cm³/mol. The first-order chi connectivity index (χ1) is 5.85. The van der Waals surface area contributed by atoms with Gasteiger partial charge in [-0.3, -0.25) is 4.79 Å². The fourth-order valence-electron chi connectivity index (χ4n) is 1.83.